The molecule has 2 heterocycles. The van der Waals surface area contributed by atoms with Gasteiger partial charge in [0, 0.05) is 19.5 Å². The van der Waals surface area contributed by atoms with Crippen LogP contribution in [0.1, 0.15) is 36.6 Å². The molecule has 0 amide bonds. The van der Waals surface area contributed by atoms with Gasteiger partial charge < -0.3 is 15.0 Å². The summed E-state index contributed by atoms with van der Waals surface area (Å²) in [7, 11) is 0. The maximum atomic E-state index is 9.49. The van der Waals surface area contributed by atoms with Crippen LogP contribution in [0.5, 0.6) is 5.75 Å². The Kier molecular flexibility index (Phi) is 3.76. The number of phenolic OH excluding ortho intramolecular Hbond substituents is 1. The Morgan fingerprint density at radius 2 is 2.30 bits per heavy atom. The van der Waals surface area contributed by atoms with Crippen LogP contribution in [-0.2, 0) is 19.5 Å². The van der Waals surface area contributed by atoms with Gasteiger partial charge in [-0.15, -0.1) is 10.2 Å². The zero-order chi connectivity index (χ0) is 14.1. The van der Waals surface area contributed by atoms with E-state index >= 15 is 0 Å². The Morgan fingerprint density at radius 1 is 1.45 bits per heavy atom. The molecule has 1 aromatic heterocycles. The number of nitrogens with zero attached hydrogens (tertiary/aromatic N) is 3. The highest BCUT2D eigenvalue weighted by Crippen LogP contribution is 2.25. The van der Waals surface area contributed by atoms with E-state index in [-0.39, 0.29) is 11.8 Å². The van der Waals surface area contributed by atoms with E-state index in [4.69, 9.17) is 0 Å². The number of aromatic nitrogens is 3. The van der Waals surface area contributed by atoms with Crippen LogP contribution in [0.4, 0.5) is 0 Å². The molecule has 1 aliphatic heterocycles. The third-order valence-electron chi connectivity index (χ3n) is 3.65. The highest BCUT2D eigenvalue weighted by Gasteiger charge is 2.20. The number of nitrogens with one attached hydrogen (secondary N) is 1. The van der Waals surface area contributed by atoms with Crippen molar-refractivity contribution in [1.29, 1.82) is 0 Å². The summed E-state index contributed by atoms with van der Waals surface area (Å²) in [5.41, 5.74) is 1.11. The highest BCUT2D eigenvalue weighted by molar-refractivity contribution is 9.10. The lowest BCUT2D eigenvalue weighted by Gasteiger charge is -2.14. The van der Waals surface area contributed by atoms with Crippen LogP contribution < -0.4 is 5.32 Å². The molecular weight excluding hydrogens is 320 g/mol. The Bertz CT molecular complexity index is 626. The molecule has 0 spiro atoms. The van der Waals surface area contributed by atoms with Crippen LogP contribution >= 0.6 is 15.9 Å². The van der Waals surface area contributed by atoms with E-state index in [0.717, 1.165) is 43.1 Å². The molecule has 20 heavy (non-hydrogen) atoms. The fraction of sp³-hybridized carbons (Fsp3) is 0.429. The monoisotopic (exact) mass is 336 g/mol. The van der Waals surface area contributed by atoms with Crippen LogP contribution in [0.3, 0.4) is 0 Å². The van der Waals surface area contributed by atoms with Gasteiger partial charge in [-0.1, -0.05) is 6.07 Å². The molecule has 0 saturated carbocycles. The number of aryl methyl sites for hydroxylation is 1. The molecule has 1 aromatic carbocycles. The minimum absolute atomic E-state index is 0.155. The zero-order valence-corrected chi connectivity index (χ0v) is 12.9. The minimum Gasteiger partial charge on any atom is -0.507 e. The summed E-state index contributed by atoms with van der Waals surface area (Å²) in [6.45, 7) is 3.85. The smallest absolute Gasteiger partial charge is 0.149 e. The predicted molar refractivity (Wildman–Crippen MR) is 79.4 cm³/mol. The molecule has 0 radical (unpaired) electrons. The van der Waals surface area contributed by atoms with Crippen molar-refractivity contribution in [3.8, 4) is 5.75 Å². The van der Waals surface area contributed by atoms with E-state index in [1.165, 1.54) is 0 Å². The SMILES string of the molecule is CC(NCc1ccc(O)c(Br)c1)c1nnc2n1CCC2. The number of hydrogen-bond acceptors (Lipinski definition) is 4. The molecule has 0 saturated heterocycles. The maximum absolute atomic E-state index is 9.49. The maximum Gasteiger partial charge on any atom is 0.149 e. The number of hydrogen-bond donors (Lipinski definition) is 2. The van der Waals surface area contributed by atoms with Gasteiger partial charge in [-0.25, -0.2) is 0 Å². The first kappa shape index (κ1) is 13.6. The summed E-state index contributed by atoms with van der Waals surface area (Å²) in [6.07, 6.45) is 2.19. The van der Waals surface area contributed by atoms with Crippen LogP contribution in [0, 0.1) is 0 Å². The summed E-state index contributed by atoms with van der Waals surface area (Å²) in [4.78, 5) is 0. The van der Waals surface area contributed by atoms with Gasteiger partial charge in [0.15, 0.2) is 0 Å². The Labute approximate surface area is 126 Å². The molecule has 1 atom stereocenters. The predicted octanol–water partition coefficient (Wildman–Crippen LogP) is 2.54. The highest BCUT2D eigenvalue weighted by atomic mass is 79.9. The van der Waals surface area contributed by atoms with E-state index in [0.29, 0.717) is 4.47 Å². The van der Waals surface area contributed by atoms with Gasteiger partial charge in [-0.05, 0) is 47.0 Å². The largest absolute Gasteiger partial charge is 0.507 e. The first-order valence-corrected chi connectivity index (χ1v) is 7.57. The van der Waals surface area contributed by atoms with Crippen molar-refractivity contribution < 1.29 is 5.11 Å². The van der Waals surface area contributed by atoms with Gasteiger partial charge in [0.25, 0.3) is 0 Å². The molecule has 0 fully saturated rings. The summed E-state index contributed by atoms with van der Waals surface area (Å²) in [5, 5.41) is 21.5. The summed E-state index contributed by atoms with van der Waals surface area (Å²) >= 11 is 3.33. The van der Waals surface area contributed by atoms with Crippen molar-refractivity contribution in [2.75, 3.05) is 0 Å². The van der Waals surface area contributed by atoms with Crippen LogP contribution in [0.25, 0.3) is 0 Å². The number of aromatic hydroxyl groups is 1. The van der Waals surface area contributed by atoms with Crippen molar-refractivity contribution >= 4 is 15.9 Å². The second kappa shape index (κ2) is 5.54. The molecule has 3 rings (SSSR count). The van der Waals surface area contributed by atoms with E-state index in [2.05, 4.69) is 42.9 Å². The van der Waals surface area contributed by atoms with Gasteiger partial charge >= 0.3 is 0 Å². The van der Waals surface area contributed by atoms with E-state index in [1.807, 2.05) is 12.1 Å². The molecule has 6 heteroatoms. The van der Waals surface area contributed by atoms with Gasteiger partial charge in [0.2, 0.25) is 0 Å². The molecule has 2 N–H and O–H groups in total. The normalized spacial score (nSPS) is 15.3. The fourth-order valence-corrected chi connectivity index (χ4v) is 2.94. The first-order valence-electron chi connectivity index (χ1n) is 6.78. The van der Waals surface area contributed by atoms with Crippen molar-refractivity contribution in [2.45, 2.75) is 38.9 Å². The van der Waals surface area contributed by atoms with Gasteiger partial charge in [0.1, 0.15) is 17.4 Å². The quantitative estimate of drug-likeness (QED) is 0.900. The van der Waals surface area contributed by atoms with E-state index < -0.39 is 0 Å². The number of halogens is 1. The average Bonchev–Trinajstić information content (AvgIpc) is 3.02. The van der Waals surface area contributed by atoms with Crippen LogP contribution in [-0.4, -0.2) is 19.9 Å². The van der Waals surface area contributed by atoms with Gasteiger partial charge in [-0.2, -0.15) is 0 Å². The number of phenols is 1. The number of rotatable bonds is 4. The molecule has 0 bridgehead atoms. The standard InChI is InChI=1S/C14H17BrN4O/c1-9(14-18-17-13-3-2-6-19(13)14)16-8-10-4-5-12(20)11(15)7-10/h4-5,7,9,16,20H,2-3,6,8H2,1H3. The molecule has 1 aliphatic rings. The van der Waals surface area contributed by atoms with Crippen LogP contribution in [0.15, 0.2) is 22.7 Å². The summed E-state index contributed by atoms with van der Waals surface area (Å²) in [6, 6.07) is 5.68. The van der Waals surface area contributed by atoms with Gasteiger partial charge in [-0.3, -0.25) is 0 Å². The van der Waals surface area contributed by atoms with Crippen molar-refractivity contribution in [1.82, 2.24) is 20.1 Å². The molecule has 5 nitrogen and oxygen atoms in total. The minimum atomic E-state index is 0.155. The Balaban J connectivity index is 1.67. The average molecular weight is 337 g/mol. The molecule has 2 aromatic rings. The zero-order valence-electron chi connectivity index (χ0n) is 11.3. The lowest BCUT2D eigenvalue weighted by Crippen LogP contribution is -2.21. The number of benzene rings is 1. The lowest BCUT2D eigenvalue weighted by molar-refractivity contribution is 0.471. The van der Waals surface area contributed by atoms with Gasteiger partial charge in [0.05, 0.1) is 10.5 Å². The topological polar surface area (TPSA) is 63.0 Å². The Hall–Kier alpha value is -1.40. The van der Waals surface area contributed by atoms with Crippen molar-refractivity contribution in [3.63, 3.8) is 0 Å². The lowest BCUT2D eigenvalue weighted by atomic mass is 10.2. The third kappa shape index (κ3) is 2.58. The Morgan fingerprint density at radius 3 is 3.10 bits per heavy atom. The molecule has 1 unspecified atom stereocenters. The fourth-order valence-electron chi connectivity index (χ4n) is 2.52. The van der Waals surface area contributed by atoms with Crippen molar-refractivity contribution in [3.05, 3.63) is 39.9 Å². The second-order valence-corrected chi connectivity index (χ2v) is 5.97. The summed E-state index contributed by atoms with van der Waals surface area (Å²) in [5.74, 6) is 2.37. The molecule has 0 aliphatic carbocycles. The molecular formula is C14H17BrN4O. The van der Waals surface area contributed by atoms with E-state index in [1.54, 1.807) is 6.07 Å². The molecule has 106 valence electrons. The second-order valence-electron chi connectivity index (χ2n) is 5.12. The number of fused-ring (bicyclic) bond motifs is 1. The third-order valence-corrected chi connectivity index (χ3v) is 4.29. The summed E-state index contributed by atoms with van der Waals surface area (Å²) < 4.78 is 2.93. The van der Waals surface area contributed by atoms with Crippen molar-refractivity contribution in [2.24, 2.45) is 0 Å². The van der Waals surface area contributed by atoms with Crippen LogP contribution in [0.2, 0.25) is 0 Å². The van der Waals surface area contributed by atoms with E-state index in [9.17, 15) is 5.11 Å². The first-order chi connectivity index (χ1) is 9.65.